The van der Waals surface area contributed by atoms with Crippen LogP contribution in [-0.4, -0.2) is 48.0 Å². The number of benzene rings is 2. The third-order valence-corrected chi connectivity index (χ3v) is 3.48. The molecule has 0 unspecified atom stereocenters. The van der Waals surface area contributed by atoms with Gasteiger partial charge in [0.25, 0.3) is 17.4 Å². The summed E-state index contributed by atoms with van der Waals surface area (Å²) in [7, 11) is 0. The third kappa shape index (κ3) is 4.56. The third-order valence-electron chi connectivity index (χ3n) is 3.48. The van der Waals surface area contributed by atoms with Crippen LogP contribution >= 0.6 is 0 Å². The maximum Gasteiger partial charge on any atom is 0.258 e. The van der Waals surface area contributed by atoms with Crippen LogP contribution in [0.3, 0.4) is 0 Å². The maximum absolute atomic E-state index is 12.1. The number of carbonyl (C=O) groups is 1. The summed E-state index contributed by atoms with van der Waals surface area (Å²) in [6.07, 6.45) is 0.721. The zero-order valence-electron chi connectivity index (χ0n) is 13.5. The molecule has 2 aromatic carbocycles. The number of rotatable bonds is 6. The number of carbonyl (C=O) groups excluding carboxylic acids is 1. The Morgan fingerprint density at radius 2 is 0.962 bits per heavy atom. The molecule has 0 aromatic heterocycles. The van der Waals surface area contributed by atoms with Crippen molar-refractivity contribution in [2.45, 2.75) is 11.6 Å². The Kier molecular flexibility index (Phi) is 5.59. The van der Waals surface area contributed by atoms with Gasteiger partial charge in [-0.25, -0.2) is 0 Å². The lowest BCUT2D eigenvalue weighted by Crippen LogP contribution is -2.51. The van der Waals surface area contributed by atoms with Crippen LogP contribution in [-0.2, 0) is 4.79 Å². The summed E-state index contributed by atoms with van der Waals surface area (Å²) in [5.74, 6) is -10.0. The van der Waals surface area contributed by atoms with Crippen LogP contribution in [0.2, 0.25) is 0 Å². The Morgan fingerprint density at radius 3 is 1.27 bits per heavy atom. The molecule has 0 atom stereocenters. The quantitative estimate of drug-likeness (QED) is 0.336. The minimum Gasteiger partial charge on any atom is -0.507 e. The standard InChI is InChI=1S/C19H18O7/c20-15(13-7-3-1-4-8-13)11-18(23,24)17(22)19(25,26)12-16(21)14-9-5-2-6-10-14/h1-12,20-21,23-26H. The molecule has 26 heavy (non-hydrogen) atoms. The van der Waals surface area contributed by atoms with Gasteiger partial charge in [-0.2, -0.15) is 0 Å². The summed E-state index contributed by atoms with van der Waals surface area (Å²) < 4.78 is 0. The minimum atomic E-state index is -3.41. The Bertz CT molecular complexity index is 752. The van der Waals surface area contributed by atoms with Gasteiger partial charge in [0.2, 0.25) is 0 Å². The highest BCUT2D eigenvalue weighted by molar-refractivity contribution is 5.96. The van der Waals surface area contributed by atoms with Crippen LogP contribution in [0, 0.1) is 0 Å². The average Bonchev–Trinajstić information content (AvgIpc) is 2.61. The lowest BCUT2D eigenvalue weighted by atomic mass is 9.99. The first-order chi connectivity index (χ1) is 12.1. The van der Waals surface area contributed by atoms with Crippen molar-refractivity contribution < 1.29 is 35.4 Å². The minimum absolute atomic E-state index is 0.178. The fraction of sp³-hybridized carbons (Fsp3) is 0.105. The molecular weight excluding hydrogens is 340 g/mol. The highest BCUT2D eigenvalue weighted by Crippen LogP contribution is 2.22. The van der Waals surface area contributed by atoms with Gasteiger partial charge >= 0.3 is 0 Å². The molecule has 0 aliphatic heterocycles. The summed E-state index contributed by atoms with van der Waals surface area (Å²) >= 11 is 0. The molecule has 0 spiro atoms. The van der Waals surface area contributed by atoms with E-state index < -0.39 is 28.9 Å². The van der Waals surface area contributed by atoms with E-state index >= 15 is 0 Å². The smallest absolute Gasteiger partial charge is 0.258 e. The Hall–Kier alpha value is -2.97. The molecule has 0 heterocycles. The van der Waals surface area contributed by atoms with E-state index in [4.69, 9.17) is 0 Å². The summed E-state index contributed by atoms with van der Waals surface area (Å²) in [5, 5.41) is 59.3. The largest absolute Gasteiger partial charge is 0.507 e. The molecule has 7 heteroatoms. The maximum atomic E-state index is 12.1. The van der Waals surface area contributed by atoms with Crippen molar-refractivity contribution in [1.29, 1.82) is 0 Å². The molecule has 0 saturated heterocycles. The van der Waals surface area contributed by atoms with E-state index in [1.807, 2.05) is 0 Å². The predicted octanol–water partition coefficient (Wildman–Crippen LogP) is 1.12. The van der Waals surface area contributed by atoms with Crippen molar-refractivity contribution in [1.82, 2.24) is 0 Å². The van der Waals surface area contributed by atoms with Gasteiger partial charge in [0.15, 0.2) is 0 Å². The van der Waals surface area contributed by atoms with Crippen LogP contribution in [0.5, 0.6) is 0 Å². The van der Waals surface area contributed by atoms with Gasteiger partial charge in [-0.1, -0.05) is 60.7 Å². The first-order valence-corrected chi connectivity index (χ1v) is 7.52. The van der Waals surface area contributed by atoms with Crippen LogP contribution < -0.4 is 0 Å². The molecule has 2 aromatic rings. The number of ketones is 1. The summed E-state index contributed by atoms with van der Waals surface area (Å²) in [6.45, 7) is 0. The number of aliphatic hydroxyl groups is 6. The van der Waals surface area contributed by atoms with Crippen molar-refractivity contribution in [2.24, 2.45) is 0 Å². The first-order valence-electron chi connectivity index (χ1n) is 7.52. The topological polar surface area (TPSA) is 138 Å². The van der Waals surface area contributed by atoms with Gasteiger partial charge in [-0.15, -0.1) is 0 Å². The molecule has 6 N–H and O–H groups in total. The highest BCUT2D eigenvalue weighted by Gasteiger charge is 2.45. The van der Waals surface area contributed by atoms with Crippen LogP contribution in [0.1, 0.15) is 11.1 Å². The van der Waals surface area contributed by atoms with E-state index in [2.05, 4.69) is 0 Å². The van der Waals surface area contributed by atoms with Gasteiger partial charge in [-0.05, 0) is 0 Å². The number of hydrogen-bond donors (Lipinski definition) is 6. The number of Topliss-reactive ketones (excluding diaryl/α,β-unsaturated/α-hetero) is 1. The fourth-order valence-corrected chi connectivity index (χ4v) is 2.17. The molecule has 0 saturated carbocycles. The van der Waals surface area contributed by atoms with E-state index in [9.17, 15) is 35.4 Å². The van der Waals surface area contributed by atoms with E-state index in [1.54, 1.807) is 36.4 Å². The predicted molar refractivity (Wildman–Crippen MR) is 93.4 cm³/mol. The van der Waals surface area contributed by atoms with Gasteiger partial charge < -0.3 is 30.6 Å². The van der Waals surface area contributed by atoms with E-state index in [1.165, 1.54) is 24.3 Å². The second-order valence-electron chi connectivity index (χ2n) is 5.57. The van der Waals surface area contributed by atoms with E-state index in [-0.39, 0.29) is 11.1 Å². The first kappa shape index (κ1) is 19.4. The molecule has 0 radical (unpaired) electrons. The fourth-order valence-electron chi connectivity index (χ4n) is 2.17. The summed E-state index contributed by atoms with van der Waals surface area (Å²) in [6, 6.07) is 15.4. The van der Waals surface area contributed by atoms with Crippen molar-refractivity contribution in [3.05, 3.63) is 83.9 Å². The number of aliphatic hydroxyl groups excluding tert-OH is 2. The molecule has 0 fully saturated rings. The van der Waals surface area contributed by atoms with Crippen molar-refractivity contribution >= 4 is 17.3 Å². The van der Waals surface area contributed by atoms with Crippen LogP contribution in [0.25, 0.3) is 11.5 Å². The monoisotopic (exact) mass is 358 g/mol. The van der Waals surface area contributed by atoms with E-state index in [0.717, 1.165) is 0 Å². The lowest BCUT2D eigenvalue weighted by Gasteiger charge is -2.24. The molecular formula is C19H18O7. The molecule has 0 bridgehead atoms. The van der Waals surface area contributed by atoms with Gasteiger partial charge in [0.1, 0.15) is 11.5 Å². The zero-order chi connectivity index (χ0) is 19.4. The van der Waals surface area contributed by atoms with Gasteiger partial charge in [0, 0.05) is 23.3 Å². The normalized spacial score (nSPS) is 13.5. The number of hydrogen-bond acceptors (Lipinski definition) is 7. The van der Waals surface area contributed by atoms with E-state index in [0.29, 0.717) is 12.2 Å². The van der Waals surface area contributed by atoms with Crippen molar-refractivity contribution in [3.8, 4) is 0 Å². The molecule has 0 aliphatic carbocycles. The summed E-state index contributed by atoms with van der Waals surface area (Å²) in [4.78, 5) is 12.1. The Labute approximate surface area is 149 Å². The molecule has 0 aliphatic rings. The van der Waals surface area contributed by atoms with Crippen molar-refractivity contribution in [3.63, 3.8) is 0 Å². The van der Waals surface area contributed by atoms with Crippen LogP contribution in [0.4, 0.5) is 0 Å². The zero-order valence-corrected chi connectivity index (χ0v) is 13.5. The Morgan fingerprint density at radius 1 is 0.654 bits per heavy atom. The SMILES string of the molecule is O=C(C(O)(O)C=C(O)c1ccccc1)C(O)(O)C=C(O)c1ccccc1. The van der Waals surface area contributed by atoms with Gasteiger partial charge in [0.05, 0.1) is 0 Å². The molecule has 136 valence electrons. The highest BCUT2D eigenvalue weighted by atomic mass is 16.5. The van der Waals surface area contributed by atoms with Crippen molar-refractivity contribution in [2.75, 3.05) is 0 Å². The molecule has 7 nitrogen and oxygen atoms in total. The molecule has 2 rings (SSSR count). The second-order valence-corrected chi connectivity index (χ2v) is 5.57. The summed E-state index contributed by atoms with van der Waals surface area (Å²) in [5.41, 5.74) is 0.355. The second kappa shape index (κ2) is 7.51. The molecule has 0 amide bonds. The average molecular weight is 358 g/mol. The Balaban J connectivity index is 2.30. The van der Waals surface area contributed by atoms with Crippen LogP contribution in [0.15, 0.2) is 72.8 Å². The lowest BCUT2D eigenvalue weighted by molar-refractivity contribution is -0.206. The van der Waals surface area contributed by atoms with Gasteiger partial charge in [-0.3, -0.25) is 4.79 Å².